The van der Waals surface area contributed by atoms with Crippen LogP contribution in [0.1, 0.15) is 16.4 Å². The van der Waals surface area contributed by atoms with Crippen molar-refractivity contribution in [1.82, 2.24) is 4.57 Å². The first-order valence-corrected chi connectivity index (χ1v) is 14.0. The minimum Gasteiger partial charge on any atom is -0.325 e. The Kier molecular flexibility index (Phi) is 6.62. The third-order valence-corrected chi connectivity index (χ3v) is 9.58. The molecule has 196 valence electrons. The fourth-order valence-corrected chi connectivity index (χ4v) is 7.89. The molecule has 1 N–H and O–H groups in total. The number of nitrogens with one attached hydrogen (secondary N) is 1. The van der Waals surface area contributed by atoms with Gasteiger partial charge in [0.2, 0.25) is 17.7 Å². The molecule has 1 saturated heterocycles. The average molecular weight is 580 g/mol. The summed E-state index contributed by atoms with van der Waals surface area (Å²) < 4.78 is 14.6. The lowest BCUT2D eigenvalue weighted by Gasteiger charge is -2.30. The summed E-state index contributed by atoms with van der Waals surface area (Å²) in [6.07, 6.45) is 0. The lowest BCUT2D eigenvalue weighted by atomic mass is 9.83. The maximum Gasteiger partial charge on any atom is 0.308 e. The van der Waals surface area contributed by atoms with Crippen LogP contribution in [-0.2, 0) is 20.9 Å². The molecular formula is C28H19ClFN3O4S2. The van der Waals surface area contributed by atoms with Gasteiger partial charge >= 0.3 is 4.87 Å². The first-order chi connectivity index (χ1) is 18.8. The van der Waals surface area contributed by atoms with E-state index in [0.29, 0.717) is 26.3 Å². The van der Waals surface area contributed by atoms with Gasteiger partial charge in [0.05, 0.1) is 16.6 Å². The second kappa shape index (κ2) is 10.1. The molecule has 1 fully saturated rings. The van der Waals surface area contributed by atoms with Gasteiger partial charge in [-0.2, -0.15) is 0 Å². The molecule has 39 heavy (non-hydrogen) atoms. The number of benzene rings is 3. The smallest absolute Gasteiger partial charge is 0.308 e. The Balaban J connectivity index is 1.40. The highest BCUT2D eigenvalue weighted by Gasteiger charge is 2.56. The molecule has 2 aliphatic rings. The van der Waals surface area contributed by atoms with Crippen LogP contribution in [0, 0.1) is 11.7 Å². The van der Waals surface area contributed by atoms with E-state index in [1.54, 1.807) is 54.6 Å². The van der Waals surface area contributed by atoms with E-state index in [-0.39, 0.29) is 23.2 Å². The number of nitrogens with zero attached hydrogens (tertiary/aromatic N) is 2. The van der Waals surface area contributed by atoms with Crippen molar-refractivity contribution in [2.75, 3.05) is 10.2 Å². The molecule has 0 bridgehead atoms. The molecule has 6 rings (SSSR count). The van der Waals surface area contributed by atoms with Gasteiger partial charge in [-0.05, 0) is 54.1 Å². The third-order valence-electron chi connectivity index (χ3n) is 6.72. The van der Waals surface area contributed by atoms with Gasteiger partial charge in [0.1, 0.15) is 17.6 Å². The van der Waals surface area contributed by atoms with Crippen LogP contribution in [0.2, 0.25) is 5.02 Å². The Labute approximate surface area is 235 Å². The van der Waals surface area contributed by atoms with Crippen molar-refractivity contribution < 1.29 is 18.8 Å². The van der Waals surface area contributed by atoms with Crippen LogP contribution in [0.25, 0.3) is 0 Å². The molecule has 3 heterocycles. The van der Waals surface area contributed by atoms with Gasteiger partial charge in [-0.1, -0.05) is 65.0 Å². The summed E-state index contributed by atoms with van der Waals surface area (Å²) >= 11 is 8.24. The number of amides is 3. The number of anilines is 2. The number of imide groups is 1. The lowest BCUT2D eigenvalue weighted by Crippen LogP contribution is -2.33. The number of para-hydroxylation sites is 1. The number of thiazole rings is 1. The van der Waals surface area contributed by atoms with E-state index in [1.807, 2.05) is 0 Å². The molecule has 11 heteroatoms. The molecule has 3 atom stereocenters. The quantitative estimate of drug-likeness (QED) is 0.331. The van der Waals surface area contributed by atoms with Gasteiger partial charge in [-0.15, -0.1) is 0 Å². The van der Waals surface area contributed by atoms with Crippen LogP contribution in [0.15, 0.2) is 88.7 Å². The predicted octanol–water partition coefficient (Wildman–Crippen LogP) is 5.14. The number of thioether (sulfide) groups is 1. The Morgan fingerprint density at radius 2 is 1.62 bits per heavy atom. The number of halogens is 2. The van der Waals surface area contributed by atoms with Crippen LogP contribution in [0.4, 0.5) is 15.8 Å². The van der Waals surface area contributed by atoms with E-state index in [0.717, 1.165) is 28.7 Å². The highest BCUT2D eigenvalue weighted by Crippen LogP contribution is 2.53. The van der Waals surface area contributed by atoms with E-state index < -0.39 is 28.8 Å². The van der Waals surface area contributed by atoms with E-state index >= 15 is 0 Å². The fourth-order valence-electron chi connectivity index (χ4n) is 4.99. The molecule has 4 aromatic rings. The van der Waals surface area contributed by atoms with Crippen LogP contribution in [0.5, 0.6) is 0 Å². The largest absolute Gasteiger partial charge is 0.325 e. The summed E-state index contributed by atoms with van der Waals surface area (Å²) in [6, 6.07) is 21.0. The van der Waals surface area contributed by atoms with Crippen molar-refractivity contribution in [3.63, 3.8) is 0 Å². The Bertz CT molecular complexity index is 1660. The Morgan fingerprint density at radius 3 is 2.31 bits per heavy atom. The molecule has 1 aromatic heterocycles. The number of hydrogen-bond donors (Lipinski definition) is 1. The van der Waals surface area contributed by atoms with Crippen molar-refractivity contribution in [3.8, 4) is 0 Å². The first-order valence-electron chi connectivity index (χ1n) is 12.0. The number of hydrogen-bond acceptors (Lipinski definition) is 6. The Morgan fingerprint density at radius 1 is 0.923 bits per heavy atom. The zero-order chi connectivity index (χ0) is 27.3. The summed E-state index contributed by atoms with van der Waals surface area (Å²) in [5.41, 5.74) is 1.62. The molecule has 0 radical (unpaired) electrons. The van der Waals surface area contributed by atoms with Gasteiger partial charge in [0, 0.05) is 21.5 Å². The van der Waals surface area contributed by atoms with Gasteiger partial charge in [0.25, 0.3) is 0 Å². The zero-order valence-corrected chi connectivity index (χ0v) is 22.4. The van der Waals surface area contributed by atoms with Crippen molar-refractivity contribution in [3.05, 3.63) is 110 Å². The molecule has 3 amide bonds. The minimum absolute atomic E-state index is 0.301. The third kappa shape index (κ3) is 4.58. The summed E-state index contributed by atoms with van der Waals surface area (Å²) in [7, 11) is 0. The SMILES string of the molecule is O=C(Cn1c2c(sc1=O)[C@H](c1ccc(Cl)cc1)C1C(=O)N(c3ccccc3)C(=O)C1S2)Nc1ccc(F)cc1. The Hall–Kier alpha value is -3.73. The van der Waals surface area contributed by atoms with Crippen LogP contribution < -0.4 is 15.1 Å². The highest BCUT2D eigenvalue weighted by molar-refractivity contribution is 8.00. The molecule has 7 nitrogen and oxygen atoms in total. The summed E-state index contributed by atoms with van der Waals surface area (Å²) in [4.78, 5) is 55.0. The second-order valence-corrected chi connectivity index (χ2v) is 11.7. The average Bonchev–Trinajstić information content (AvgIpc) is 3.37. The molecule has 0 aliphatic carbocycles. The maximum atomic E-state index is 13.8. The van der Waals surface area contributed by atoms with Crippen molar-refractivity contribution in [2.24, 2.45) is 5.92 Å². The normalized spacial score (nSPS) is 20.1. The van der Waals surface area contributed by atoms with Gasteiger partial charge in [-0.3, -0.25) is 23.7 Å². The fraction of sp³-hybridized carbons (Fsp3) is 0.143. The van der Waals surface area contributed by atoms with Crippen LogP contribution in [-0.4, -0.2) is 27.5 Å². The van der Waals surface area contributed by atoms with Crippen molar-refractivity contribution in [1.29, 1.82) is 0 Å². The van der Waals surface area contributed by atoms with Gasteiger partial charge in [0.15, 0.2) is 0 Å². The second-order valence-electron chi connectivity index (χ2n) is 9.12. The summed E-state index contributed by atoms with van der Waals surface area (Å²) in [5, 5.41) is 2.88. The molecule has 3 aromatic carbocycles. The summed E-state index contributed by atoms with van der Waals surface area (Å²) in [6.45, 7) is -0.301. The van der Waals surface area contributed by atoms with E-state index in [9.17, 15) is 23.6 Å². The van der Waals surface area contributed by atoms with Gasteiger partial charge in [-0.25, -0.2) is 9.29 Å². The zero-order valence-electron chi connectivity index (χ0n) is 20.0. The topological polar surface area (TPSA) is 88.5 Å². The number of rotatable bonds is 5. The standard InChI is InChI=1S/C28H19ClFN3O4S2/c29-16-8-6-15(7-9-16)21-22-23(26(36)33(25(22)35)19-4-2-1-3-5-19)38-27-24(21)39-28(37)32(27)14-20(34)31-18-12-10-17(30)11-13-18/h1-13,21-23H,14H2,(H,31,34)/t21-,22?,23?/m1/s1. The lowest BCUT2D eigenvalue weighted by molar-refractivity contribution is -0.122. The highest BCUT2D eigenvalue weighted by atomic mass is 35.5. The molecular weight excluding hydrogens is 561 g/mol. The van der Waals surface area contributed by atoms with E-state index in [2.05, 4.69) is 5.32 Å². The molecule has 2 aliphatic heterocycles. The first kappa shape index (κ1) is 25.5. The summed E-state index contributed by atoms with van der Waals surface area (Å²) in [5.74, 6) is -2.93. The number of aromatic nitrogens is 1. The number of carbonyl (C=O) groups excluding carboxylic acids is 3. The van der Waals surface area contributed by atoms with Crippen LogP contribution in [0.3, 0.4) is 0 Å². The number of carbonyl (C=O) groups is 3. The predicted molar refractivity (Wildman–Crippen MR) is 149 cm³/mol. The number of fused-ring (bicyclic) bond motifs is 2. The van der Waals surface area contributed by atoms with E-state index in [1.165, 1.54) is 33.7 Å². The molecule has 0 saturated carbocycles. The minimum atomic E-state index is -0.786. The monoisotopic (exact) mass is 579 g/mol. The molecule has 0 spiro atoms. The van der Waals surface area contributed by atoms with Crippen LogP contribution >= 0.6 is 34.7 Å². The van der Waals surface area contributed by atoms with Crippen molar-refractivity contribution in [2.45, 2.75) is 22.7 Å². The van der Waals surface area contributed by atoms with Gasteiger partial charge < -0.3 is 5.32 Å². The maximum absolute atomic E-state index is 13.8. The van der Waals surface area contributed by atoms with E-state index in [4.69, 9.17) is 11.6 Å². The molecule has 2 unspecified atom stereocenters. The van der Waals surface area contributed by atoms with Crippen molar-refractivity contribution >= 4 is 63.8 Å².